The predicted molar refractivity (Wildman–Crippen MR) is 64.4 cm³/mol. The largest absolute Gasteiger partial charge is 0.462 e. The van der Waals surface area contributed by atoms with Gasteiger partial charge in [-0.3, -0.25) is 9.59 Å². The van der Waals surface area contributed by atoms with E-state index in [0.717, 1.165) is 4.47 Å². The van der Waals surface area contributed by atoms with Crippen LogP contribution in [0.1, 0.15) is 19.4 Å². The summed E-state index contributed by atoms with van der Waals surface area (Å²) in [5.74, 6) is -0.408. The Morgan fingerprint density at radius 3 is 2.75 bits per heavy atom. The minimum atomic E-state index is -0.408. The van der Waals surface area contributed by atoms with E-state index in [4.69, 9.17) is 4.74 Å². The third-order valence-corrected chi connectivity index (χ3v) is 2.33. The molecular formula is C11H14BrNO3. The fourth-order valence-electron chi connectivity index (χ4n) is 1.30. The molecule has 88 valence electrons. The molecule has 0 bridgehead atoms. The van der Waals surface area contributed by atoms with E-state index in [-0.39, 0.29) is 18.2 Å². The molecule has 0 amide bonds. The van der Waals surface area contributed by atoms with Crippen LogP contribution >= 0.6 is 15.9 Å². The minimum Gasteiger partial charge on any atom is -0.462 e. The van der Waals surface area contributed by atoms with Crippen molar-refractivity contribution in [2.45, 2.75) is 33.4 Å². The van der Waals surface area contributed by atoms with Crippen molar-refractivity contribution in [3.05, 3.63) is 32.7 Å². The van der Waals surface area contributed by atoms with Crippen LogP contribution in [0.4, 0.5) is 0 Å². The van der Waals surface area contributed by atoms with E-state index >= 15 is 0 Å². The summed E-state index contributed by atoms with van der Waals surface area (Å²) in [5, 5.41) is 0. The Morgan fingerprint density at radius 2 is 2.19 bits per heavy atom. The van der Waals surface area contributed by atoms with Gasteiger partial charge in [0.05, 0.1) is 6.10 Å². The van der Waals surface area contributed by atoms with E-state index < -0.39 is 5.97 Å². The first kappa shape index (κ1) is 13.0. The number of hydrogen-bond acceptors (Lipinski definition) is 3. The number of carbonyl (C=O) groups is 1. The van der Waals surface area contributed by atoms with Crippen LogP contribution < -0.4 is 5.56 Å². The third kappa shape index (κ3) is 3.48. The fourth-order valence-corrected chi connectivity index (χ4v) is 1.89. The number of nitrogens with zero attached hydrogens (tertiary/aromatic N) is 1. The molecule has 0 fully saturated rings. The highest BCUT2D eigenvalue weighted by Gasteiger charge is 2.09. The fraction of sp³-hybridized carbons (Fsp3) is 0.455. The molecule has 16 heavy (non-hydrogen) atoms. The Morgan fingerprint density at radius 1 is 1.56 bits per heavy atom. The van der Waals surface area contributed by atoms with Gasteiger partial charge >= 0.3 is 5.97 Å². The lowest BCUT2D eigenvalue weighted by molar-refractivity contribution is -0.148. The zero-order valence-electron chi connectivity index (χ0n) is 9.49. The summed E-state index contributed by atoms with van der Waals surface area (Å²) in [5.41, 5.74) is 0.413. The molecule has 0 N–H and O–H groups in total. The molecular weight excluding hydrogens is 274 g/mol. The predicted octanol–water partition coefficient (Wildman–Crippen LogP) is 1.87. The van der Waals surface area contributed by atoms with Gasteiger partial charge < -0.3 is 9.30 Å². The van der Waals surface area contributed by atoms with Crippen LogP contribution in [-0.4, -0.2) is 16.6 Å². The van der Waals surface area contributed by atoms with Crippen LogP contribution in [0.25, 0.3) is 0 Å². The quantitative estimate of drug-likeness (QED) is 0.798. The summed E-state index contributed by atoms with van der Waals surface area (Å²) in [6.45, 7) is 5.19. The average molecular weight is 288 g/mol. The molecule has 0 aliphatic carbocycles. The highest BCUT2D eigenvalue weighted by atomic mass is 79.9. The van der Waals surface area contributed by atoms with Crippen LogP contribution in [0.2, 0.25) is 0 Å². The number of rotatable bonds is 3. The maximum atomic E-state index is 11.7. The number of aromatic nitrogens is 1. The maximum absolute atomic E-state index is 11.7. The first-order valence-corrected chi connectivity index (χ1v) is 5.75. The zero-order valence-corrected chi connectivity index (χ0v) is 11.1. The van der Waals surface area contributed by atoms with Crippen molar-refractivity contribution in [3.8, 4) is 0 Å². The van der Waals surface area contributed by atoms with Gasteiger partial charge in [-0.1, -0.05) is 0 Å². The molecule has 0 aliphatic heterocycles. The molecule has 1 rings (SSSR count). The molecule has 0 radical (unpaired) electrons. The van der Waals surface area contributed by atoms with E-state index in [1.807, 2.05) is 0 Å². The highest BCUT2D eigenvalue weighted by molar-refractivity contribution is 9.10. The SMILES string of the molecule is Cc1cc(Br)cn(CC(=O)OC(C)C)c1=O. The van der Waals surface area contributed by atoms with Gasteiger partial charge in [0.1, 0.15) is 6.54 Å². The number of pyridine rings is 1. The van der Waals surface area contributed by atoms with Crippen LogP contribution in [0.5, 0.6) is 0 Å². The van der Waals surface area contributed by atoms with Gasteiger partial charge in [0, 0.05) is 16.2 Å². The number of halogens is 1. The lowest BCUT2D eigenvalue weighted by Crippen LogP contribution is -2.27. The van der Waals surface area contributed by atoms with Gasteiger partial charge in [-0.05, 0) is 42.8 Å². The van der Waals surface area contributed by atoms with Gasteiger partial charge in [0.15, 0.2) is 0 Å². The van der Waals surface area contributed by atoms with E-state index in [1.165, 1.54) is 4.57 Å². The lowest BCUT2D eigenvalue weighted by Gasteiger charge is -2.10. The second kappa shape index (κ2) is 5.30. The Balaban J connectivity index is 2.89. The molecule has 0 saturated heterocycles. The summed E-state index contributed by atoms with van der Waals surface area (Å²) in [7, 11) is 0. The summed E-state index contributed by atoms with van der Waals surface area (Å²) in [6.07, 6.45) is 1.41. The number of aryl methyl sites for hydroxylation is 1. The molecule has 0 spiro atoms. The first-order chi connectivity index (χ1) is 7.40. The average Bonchev–Trinajstić information content (AvgIpc) is 2.11. The molecule has 5 heteroatoms. The van der Waals surface area contributed by atoms with Crippen molar-refractivity contribution < 1.29 is 9.53 Å². The van der Waals surface area contributed by atoms with Crippen LogP contribution in [0.3, 0.4) is 0 Å². The summed E-state index contributed by atoms with van der Waals surface area (Å²) in [4.78, 5) is 23.1. The number of ether oxygens (including phenoxy) is 1. The minimum absolute atomic E-state index is 0.0582. The molecule has 0 aromatic carbocycles. The lowest BCUT2D eigenvalue weighted by atomic mass is 10.3. The number of esters is 1. The molecule has 0 aliphatic rings. The summed E-state index contributed by atoms with van der Waals surface area (Å²) < 4.78 is 7.08. The van der Waals surface area contributed by atoms with Gasteiger partial charge in [-0.25, -0.2) is 0 Å². The second-order valence-corrected chi connectivity index (χ2v) is 4.73. The van der Waals surface area contributed by atoms with Crippen molar-refractivity contribution in [2.75, 3.05) is 0 Å². The van der Waals surface area contributed by atoms with Crippen molar-refractivity contribution >= 4 is 21.9 Å². The van der Waals surface area contributed by atoms with Gasteiger partial charge in [-0.2, -0.15) is 0 Å². The van der Waals surface area contributed by atoms with Crippen LogP contribution in [-0.2, 0) is 16.1 Å². The Hall–Kier alpha value is -1.10. The van der Waals surface area contributed by atoms with E-state index in [2.05, 4.69) is 15.9 Å². The highest BCUT2D eigenvalue weighted by Crippen LogP contribution is 2.08. The third-order valence-electron chi connectivity index (χ3n) is 1.90. The second-order valence-electron chi connectivity index (χ2n) is 3.81. The molecule has 0 atom stereocenters. The molecule has 1 aromatic rings. The Labute approximate surface area is 102 Å². The number of hydrogen-bond donors (Lipinski definition) is 0. The van der Waals surface area contributed by atoms with Gasteiger partial charge in [0.2, 0.25) is 0 Å². The van der Waals surface area contributed by atoms with Crippen molar-refractivity contribution in [1.29, 1.82) is 0 Å². The summed E-state index contributed by atoms with van der Waals surface area (Å²) in [6, 6.07) is 1.71. The summed E-state index contributed by atoms with van der Waals surface area (Å²) >= 11 is 3.28. The van der Waals surface area contributed by atoms with Crippen LogP contribution in [0, 0.1) is 6.92 Å². The van der Waals surface area contributed by atoms with E-state index in [0.29, 0.717) is 5.56 Å². The maximum Gasteiger partial charge on any atom is 0.326 e. The van der Waals surface area contributed by atoms with Crippen molar-refractivity contribution in [2.24, 2.45) is 0 Å². The zero-order chi connectivity index (χ0) is 12.3. The Bertz CT molecular complexity index is 451. The van der Waals surface area contributed by atoms with E-state index in [1.54, 1.807) is 33.0 Å². The monoisotopic (exact) mass is 287 g/mol. The van der Waals surface area contributed by atoms with Gasteiger partial charge in [-0.15, -0.1) is 0 Å². The van der Waals surface area contributed by atoms with Crippen LogP contribution in [0.15, 0.2) is 21.5 Å². The Kier molecular flexibility index (Phi) is 4.29. The first-order valence-electron chi connectivity index (χ1n) is 4.96. The van der Waals surface area contributed by atoms with Gasteiger partial charge in [0.25, 0.3) is 5.56 Å². The topological polar surface area (TPSA) is 48.3 Å². The molecule has 0 saturated carbocycles. The van der Waals surface area contributed by atoms with E-state index in [9.17, 15) is 9.59 Å². The smallest absolute Gasteiger partial charge is 0.326 e. The molecule has 1 aromatic heterocycles. The standard InChI is InChI=1S/C11H14BrNO3/c1-7(2)16-10(14)6-13-5-9(12)4-8(3)11(13)15/h4-5,7H,6H2,1-3H3. The molecule has 1 heterocycles. The van der Waals surface area contributed by atoms with Crippen molar-refractivity contribution in [3.63, 3.8) is 0 Å². The molecule has 4 nitrogen and oxygen atoms in total. The van der Waals surface area contributed by atoms with Crippen molar-refractivity contribution in [1.82, 2.24) is 4.57 Å². The number of carbonyl (C=O) groups excluding carboxylic acids is 1. The molecule has 0 unspecified atom stereocenters. The normalized spacial score (nSPS) is 10.6.